The van der Waals surface area contributed by atoms with Gasteiger partial charge in [-0.05, 0) is 43.9 Å². The number of hydrogen-bond acceptors (Lipinski definition) is 3. The zero-order valence-electron chi connectivity index (χ0n) is 12.1. The number of nitrogens with one attached hydrogen (secondary N) is 1. The fourth-order valence-electron chi connectivity index (χ4n) is 3.20. The molecule has 0 bridgehead atoms. The van der Waals surface area contributed by atoms with Crippen LogP contribution in [-0.4, -0.2) is 18.1 Å². The predicted molar refractivity (Wildman–Crippen MR) is 77.0 cm³/mol. The second-order valence-corrected chi connectivity index (χ2v) is 5.32. The highest BCUT2D eigenvalue weighted by Crippen LogP contribution is 2.41. The summed E-state index contributed by atoms with van der Waals surface area (Å²) < 4.78 is 18.6. The summed E-state index contributed by atoms with van der Waals surface area (Å²) in [7, 11) is 0. The van der Waals surface area contributed by atoms with Crippen LogP contribution >= 0.6 is 0 Å². The van der Waals surface area contributed by atoms with E-state index < -0.39 is 5.54 Å². The third-order valence-corrected chi connectivity index (χ3v) is 4.15. The van der Waals surface area contributed by atoms with Crippen LogP contribution in [0.1, 0.15) is 39.5 Å². The first-order chi connectivity index (χ1) is 9.62. The minimum atomic E-state index is -0.710. The highest BCUT2D eigenvalue weighted by molar-refractivity contribution is 5.85. The Bertz CT molecular complexity index is 477. The summed E-state index contributed by atoms with van der Waals surface area (Å²) in [5.74, 6) is -0.293. The topological polar surface area (TPSA) is 38.3 Å². The van der Waals surface area contributed by atoms with E-state index in [1.54, 1.807) is 12.1 Å². The summed E-state index contributed by atoms with van der Waals surface area (Å²) in [5.41, 5.74) is -0.0724. The molecule has 0 saturated heterocycles. The zero-order chi connectivity index (χ0) is 14.6. The van der Waals surface area contributed by atoms with Gasteiger partial charge in [0.1, 0.15) is 11.4 Å². The third kappa shape index (κ3) is 2.79. The molecule has 2 atom stereocenters. The van der Waals surface area contributed by atoms with E-state index in [1.165, 1.54) is 12.1 Å². The molecule has 3 nitrogen and oxygen atoms in total. The number of hydrogen-bond donors (Lipinski definition) is 1. The van der Waals surface area contributed by atoms with Crippen molar-refractivity contribution in [3.05, 3.63) is 30.1 Å². The van der Waals surface area contributed by atoms with Crippen LogP contribution in [0.2, 0.25) is 0 Å². The average Bonchev–Trinajstić information content (AvgIpc) is 2.83. The Morgan fingerprint density at radius 2 is 2.30 bits per heavy atom. The number of halogens is 1. The number of carbonyl (C=O) groups is 1. The molecule has 1 saturated carbocycles. The van der Waals surface area contributed by atoms with Crippen LogP contribution < -0.4 is 5.32 Å². The molecular formula is C16H22FNO2. The van der Waals surface area contributed by atoms with E-state index in [0.717, 1.165) is 25.7 Å². The van der Waals surface area contributed by atoms with Gasteiger partial charge < -0.3 is 10.1 Å². The Kier molecular flexibility index (Phi) is 4.63. The lowest BCUT2D eigenvalue weighted by Crippen LogP contribution is -2.50. The van der Waals surface area contributed by atoms with Crippen LogP contribution in [0, 0.1) is 11.7 Å². The van der Waals surface area contributed by atoms with Crippen molar-refractivity contribution in [2.75, 3.05) is 11.9 Å². The summed E-state index contributed by atoms with van der Waals surface area (Å²) in [4.78, 5) is 12.4. The average molecular weight is 279 g/mol. The van der Waals surface area contributed by atoms with E-state index in [-0.39, 0.29) is 17.7 Å². The Balaban J connectivity index is 2.29. The van der Waals surface area contributed by atoms with Gasteiger partial charge in [-0.25, -0.2) is 9.18 Å². The lowest BCUT2D eigenvalue weighted by molar-refractivity contribution is -0.150. The van der Waals surface area contributed by atoms with Crippen molar-refractivity contribution in [3.63, 3.8) is 0 Å². The van der Waals surface area contributed by atoms with Gasteiger partial charge in [-0.2, -0.15) is 0 Å². The van der Waals surface area contributed by atoms with Crippen LogP contribution in [-0.2, 0) is 9.53 Å². The van der Waals surface area contributed by atoms with Gasteiger partial charge in [0.25, 0.3) is 0 Å². The van der Waals surface area contributed by atoms with Crippen LogP contribution in [0.15, 0.2) is 24.3 Å². The van der Waals surface area contributed by atoms with Gasteiger partial charge in [0.15, 0.2) is 0 Å². The van der Waals surface area contributed by atoms with Gasteiger partial charge in [0, 0.05) is 5.69 Å². The molecule has 1 fully saturated rings. The summed E-state index contributed by atoms with van der Waals surface area (Å²) >= 11 is 0. The molecule has 20 heavy (non-hydrogen) atoms. The lowest BCUT2D eigenvalue weighted by atomic mass is 9.84. The minimum Gasteiger partial charge on any atom is -0.464 e. The molecule has 1 aliphatic rings. The van der Waals surface area contributed by atoms with E-state index >= 15 is 0 Å². The molecule has 0 radical (unpaired) electrons. The van der Waals surface area contributed by atoms with Crippen LogP contribution in [0.25, 0.3) is 0 Å². The Hall–Kier alpha value is -1.58. The standard InChI is InChI=1S/C16H22FNO2/c1-3-12-7-6-10-16(12,15(19)20-4-2)18-14-9-5-8-13(17)11-14/h5,8-9,11-12,18H,3-4,6-7,10H2,1-2H3. The molecular weight excluding hydrogens is 257 g/mol. The maximum absolute atomic E-state index is 13.3. The quantitative estimate of drug-likeness (QED) is 0.834. The van der Waals surface area contributed by atoms with E-state index in [9.17, 15) is 9.18 Å². The smallest absolute Gasteiger partial charge is 0.332 e. The van der Waals surface area contributed by atoms with Gasteiger partial charge in [0.2, 0.25) is 0 Å². The molecule has 0 heterocycles. The SMILES string of the molecule is CCOC(=O)C1(Nc2cccc(F)c2)CCCC1CC. The normalized spacial score (nSPS) is 25.4. The second-order valence-electron chi connectivity index (χ2n) is 5.32. The number of esters is 1. The summed E-state index contributed by atoms with van der Waals surface area (Å²) in [6, 6.07) is 6.25. The lowest BCUT2D eigenvalue weighted by Gasteiger charge is -2.34. The van der Waals surface area contributed by atoms with Crippen LogP contribution in [0.3, 0.4) is 0 Å². The molecule has 2 unspecified atom stereocenters. The number of anilines is 1. The first-order valence-electron chi connectivity index (χ1n) is 7.33. The third-order valence-electron chi connectivity index (χ3n) is 4.15. The van der Waals surface area contributed by atoms with Gasteiger partial charge in [-0.1, -0.05) is 25.8 Å². The Morgan fingerprint density at radius 1 is 1.50 bits per heavy atom. The van der Waals surface area contributed by atoms with E-state index in [1.807, 2.05) is 6.92 Å². The van der Waals surface area contributed by atoms with E-state index in [4.69, 9.17) is 4.74 Å². The monoisotopic (exact) mass is 279 g/mol. The summed E-state index contributed by atoms with van der Waals surface area (Å²) in [6.45, 7) is 4.25. The highest BCUT2D eigenvalue weighted by Gasteiger charge is 2.49. The van der Waals surface area contributed by atoms with Crippen molar-refractivity contribution in [1.29, 1.82) is 0 Å². The van der Waals surface area contributed by atoms with Crippen LogP contribution in [0.5, 0.6) is 0 Å². The van der Waals surface area contributed by atoms with Crippen molar-refractivity contribution >= 4 is 11.7 Å². The van der Waals surface area contributed by atoms with Gasteiger partial charge in [0.05, 0.1) is 6.61 Å². The molecule has 0 amide bonds. The largest absolute Gasteiger partial charge is 0.464 e. The van der Waals surface area contributed by atoms with Crippen molar-refractivity contribution in [2.45, 2.75) is 45.1 Å². The molecule has 0 spiro atoms. The van der Waals surface area contributed by atoms with Crippen molar-refractivity contribution in [3.8, 4) is 0 Å². The van der Waals surface area contributed by atoms with Crippen LogP contribution in [0.4, 0.5) is 10.1 Å². The minimum absolute atomic E-state index is 0.214. The summed E-state index contributed by atoms with van der Waals surface area (Å²) in [5, 5.41) is 3.27. The highest BCUT2D eigenvalue weighted by atomic mass is 19.1. The molecule has 1 N–H and O–H groups in total. The fraction of sp³-hybridized carbons (Fsp3) is 0.562. The Morgan fingerprint density at radius 3 is 2.95 bits per heavy atom. The number of benzene rings is 1. The fourth-order valence-corrected chi connectivity index (χ4v) is 3.20. The predicted octanol–water partition coefficient (Wildman–Crippen LogP) is 3.75. The van der Waals surface area contributed by atoms with Crippen molar-refractivity contribution in [1.82, 2.24) is 0 Å². The van der Waals surface area contributed by atoms with Gasteiger partial charge in [-0.15, -0.1) is 0 Å². The number of ether oxygens (including phenoxy) is 1. The molecule has 1 aromatic rings. The number of rotatable bonds is 5. The van der Waals surface area contributed by atoms with Gasteiger partial charge in [-0.3, -0.25) is 0 Å². The number of carbonyl (C=O) groups excluding carboxylic acids is 1. The molecule has 1 aliphatic carbocycles. The first-order valence-corrected chi connectivity index (χ1v) is 7.33. The summed E-state index contributed by atoms with van der Waals surface area (Å²) in [6.07, 6.45) is 3.62. The zero-order valence-corrected chi connectivity index (χ0v) is 12.1. The molecule has 110 valence electrons. The van der Waals surface area contributed by atoms with Crippen molar-refractivity contribution in [2.24, 2.45) is 5.92 Å². The van der Waals surface area contributed by atoms with Crippen molar-refractivity contribution < 1.29 is 13.9 Å². The van der Waals surface area contributed by atoms with Gasteiger partial charge >= 0.3 is 5.97 Å². The van der Waals surface area contributed by atoms with E-state index in [0.29, 0.717) is 12.3 Å². The first kappa shape index (κ1) is 14.8. The maximum Gasteiger partial charge on any atom is 0.332 e. The molecule has 4 heteroatoms. The molecule has 2 rings (SSSR count). The molecule has 1 aromatic carbocycles. The molecule has 0 aliphatic heterocycles. The molecule has 0 aromatic heterocycles. The second kappa shape index (κ2) is 6.25. The van der Waals surface area contributed by atoms with E-state index in [2.05, 4.69) is 12.2 Å². The maximum atomic E-state index is 13.3. The Labute approximate surface area is 119 Å².